The van der Waals surface area contributed by atoms with Crippen LogP contribution >= 0.6 is 0 Å². The summed E-state index contributed by atoms with van der Waals surface area (Å²) in [7, 11) is -2.22. The van der Waals surface area contributed by atoms with Crippen molar-refractivity contribution >= 4 is 38.3 Å². The van der Waals surface area contributed by atoms with Crippen LogP contribution in [-0.2, 0) is 28.4 Å². The Hall–Kier alpha value is -3.85. The van der Waals surface area contributed by atoms with Gasteiger partial charge in [0.05, 0.1) is 15.9 Å². The van der Waals surface area contributed by atoms with Crippen LogP contribution in [0.4, 0.5) is 11.4 Å². The van der Waals surface area contributed by atoms with Gasteiger partial charge in [0.25, 0.3) is 10.0 Å². The number of aromatic nitrogens is 2. The average Bonchev–Trinajstić information content (AvgIpc) is 3.00. The van der Waals surface area contributed by atoms with Gasteiger partial charge in [-0.1, -0.05) is 30.3 Å². The fraction of sp³-hybridized carbons (Fsp3) is 0.167. The maximum atomic E-state index is 13.0. The van der Waals surface area contributed by atoms with Crippen molar-refractivity contribution in [3.8, 4) is 0 Å². The minimum atomic E-state index is -3.87. The predicted octanol–water partition coefficient (Wildman–Crippen LogP) is 3.40. The van der Waals surface area contributed by atoms with E-state index in [1.54, 1.807) is 56.4 Å². The summed E-state index contributed by atoms with van der Waals surface area (Å²) in [5, 5.41) is 2.70. The van der Waals surface area contributed by atoms with Crippen LogP contribution in [0, 0.1) is 13.8 Å². The molecule has 0 unspecified atom stereocenters. The second kappa shape index (κ2) is 8.59. The Kier molecular flexibility index (Phi) is 5.82. The number of amides is 1. The fourth-order valence-electron chi connectivity index (χ4n) is 3.75. The van der Waals surface area contributed by atoms with Gasteiger partial charge in [-0.25, -0.2) is 13.2 Å². The van der Waals surface area contributed by atoms with Gasteiger partial charge in [0.1, 0.15) is 6.54 Å². The fourth-order valence-corrected chi connectivity index (χ4v) is 5.07. The summed E-state index contributed by atoms with van der Waals surface area (Å²) in [4.78, 5) is 25.3. The molecule has 0 bridgehead atoms. The van der Waals surface area contributed by atoms with E-state index < -0.39 is 15.9 Å². The molecule has 8 nitrogen and oxygen atoms in total. The second-order valence-corrected chi connectivity index (χ2v) is 9.57. The summed E-state index contributed by atoms with van der Waals surface area (Å²) >= 11 is 0. The quantitative estimate of drug-likeness (QED) is 0.457. The van der Waals surface area contributed by atoms with Gasteiger partial charge in [0.2, 0.25) is 5.91 Å². The van der Waals surface area contributed by atoms with E-state index in [0.29, 0.717) is 22.5 Å². The number of nitrogens with zero attached hydrogens (tertiary/aromatic N) is 2. The summed E-state index contributed by atoms with van der Waals surface area (Å²) in [6.07, 6.45) is 0. The average molecular weight is 465 g/mol. The van der Waals surface area contributed by atoms with Crippen LogP contribution in [0.1, 0.15) is 11.1 Å². The van der Waals surface area contributed by atoms with E-state index in [1.807, 2.05) is 25.1 Å². The Morgan fingerprint density at radius 3 is 2.36 bits per heavy atom. The number of aryl methyl sites for hydroxylation is 3. The van der Waals surface area contributed by atoms with Crippen molar-refractivity contribution in [3.63, 3.8) is 0 Å². The molecule has 1 amide bonds. The largest absolute Gasteiger partial charge is 0.329 e. The molecule has 0 aliphatic heterocycles. The third kappa shape index (κ3) is 4.54. The molecular weight excluding hydrogens is 440 g/mol. The van der Waals surface area contributed by atoms with E-state index in [1.165, 1.54) is 15.2 Å². The second-order valence-electron chi connectivity index (χ2n) is 7.92. The summed E-state index contributed by atoms with van der Waals surface area (Å²) in [5.74, 6) is -0.438. The lowest BCUT2D eigenvalue weighted by atomic mass is 10.2. The van der Waals surface area contributed by atoms with Gasteiger partial charge in [-0.15, -0.1) is 0 Å². The van der Waals surface area contributed by atoms with Crippen molar-refractivity contribution in [1.29, 1.82) is 0 Å². The Balaban J connectivity index is 1.58. The van der Waals surface area contributed by atoms with E-state index in [9.17, 15) is 18.0 Å². The lowest BCUT2D eigenvalue weighted by molar-refractivity contribution is -0.116. The molecule has 33 heavy (non-hydrogen) atoms. The van der Waals surface area contributed by atoms with Crippen molar-refractivity contribution < 1.29 is 13.2 Å². The van der Waals surface area contributed by atoms with Crippen molar-refractivity contribution in [3.05, 3.63) is 88.3 Å². The molecule has 0 saturated carbocycles. The highest BCUT2D eigenvalue weighted by molar-refractivity contribution is 7.92. The van der Waals surface area contributed by atoms with Crippen LogP contribution in [0.5, 0.6) is 0 Å². The van der Waals surface area contributed by atoms with E-state index in [0.717, 1.165) is 11.1 Å². The highest BCUT2D eigenvalue weighted by Crippen LogP contribution is 2.23. The molecule has 9 heteroatoms. The lowest BCUT2D eigenvalue weighted by Gasteiger charge is -2.13. The van der Waals surface area contributed by atoms with Crippen LogP contribution in [0.3, 0.4) is 0 Å². The Bertz CT molecular complexity index is 1530. The molecule has 1 aromatic heterocycles. The zero-order valence-electron chi connectivity index (χ0n) is 18.5. The van der Waals surface area contributed by atoms with Gasteiger partial charge < -0.3 is 5.32 Å². The minimum absolute atomic E-state index is 0.0594. The molecule has 0 radical (unpaired) electrons. The molecule has 0 atom stereocenters. The molecule has 0 aliphatic rings. The van der Waals surface area contributed by atoms with Crippen LogP contribution in [0.25, 0.3) is 11.0 Å². The highest BCUT2D eigenvalue weighted by Gasteiger charge is 2.19. The zero-order chi connectivity index (χ0) is 23.8. The van der Waals surface area contributed by atoms with E-state index in [4.69, 9.17) is 0 Å². The minimum Gasteiger partial charge on any atom is -0.324 e. The van der Waals surface area contributed by atoms with Gasteiger partial charge in [-0.2, -0.15) is 0 Å². The molecule has 170 valence electrons. The number of carbonyl (C=O) groups is 1. The molecule has 0 spiro atoms. The van der Waals surface area contributed by atoms with Gasteiger partial charge >= 0.3 is 5.69 Å². The first-order chi connectivity index (χ1) is 15.7. The number of anilines is 2. The molecule has 1 heterocycles. The maximum absolute atomic E-state index is 13.0. The number of sulfonamides is 1. The van der Waals surface area contributed by atoms with Gasteiger partial charge in [0, 0.05) is 18.4 Å². The number of hydrogen-bond acceptors (Lipinski definition) is 4. The van der Waals surface area contributed by atoms with Crippen molar-refractivity contribution in [2.75, 3.05) is 10.0 Å². The first-order valence-corrected chi connectivity index (χ1v) is 11.8. The number of nitrogens with one attached hydrogen (secondary N) is 2. The van der Waals surface area contributed by atoms with Crippen molar-refractivity contribution in [2.24, 2.45) is 7.05 Å². The van der Waals surface area contributed by atoms with Crippen molar-refractivity contribution in [2.45, 2.75) is 25.3 Å². The predicted molar refractivity (Wildman–Crippen MR) is 129 cm³/mol. The summed E-state index contributed by atoms with van der Waals surface area (Å²) in [6.45, 7) is 3.37. The standard InChI is InChI=1S/C24H24N4O4S/c1-16-7-6-8-19(13-16)26-33(31,32)22-14-18(12-11-17(22)2)25-23(29)15-28-21-10-5-4-9-20(21)27(3)24(28)30/h4-14,26H,15H2,1-3H3,(H,25,29). The smallest absolute Gasteiger partial charge is 0.324 e. The molecule has 0 aliphatic carbocycles. The number of rotatable bonds is 6. The zero-order valence-corrected chi connectivity index (χ0v) is 19.3. The molecular formula is C24H24N4O4S. The SMILES string of the molecule is Cc1cccc(NS(=O)(=O)c2cc(NC(=O)Cn3c(=O)n(C)c4ccccc43)ccc2C)c1. The normalized spacial score (nSPS) is 11.5. The molecule has 4 rings (SSSR count). The summed E-state index contributed by atoms with van der Waals surface area (Å²) in [5.41, 5.74) is 3.31. The number of carbonyl (C=O) groups excluding carboxylic acids is 1. The number of benzene rings is 3. The third-order valence-corrected chi connectivity index (χ3v) is 6.91. The van der Waals surface area contributed by atoms with E-state index in [2.05, 4.69) is 10.0 Å². The number of fused-ring (bicyclic) bond motifs is 1. The molecule has 2 N–H and O–H groups in total. The lowest BCUT2D eigenvalue weighted by Crippen LogP contribution is -2.28. The Morgan fingerprint density at radius 1 is 0.909 bits per heavy atom. The Morgan fingerprint density at radius 2 is 1.64 bits per heavy atom. The van der Waals surface area contributed by atoms with Gasteiger partial charge in [-0.05, 0) is 61.4 Å². The third-order valence-electron chi connectivity index (χ3n) is 5.39. The molecule has 0 saturated heterocycles. The topological polar surface area (TPSA) is 102 Å². The molecule has 0 fully saturated rings. The van der Waals surface area contributed by atoms with E-state index in [-0.39, 0.29) is 17.1 Å². The summed E-state index contributed by atoms with van der Waals surface area (Å²) in [6, 6.07) is 18.9. The maximum Gasteiger partial charge on any atom is 0.329 e. The first-order valence-electron chi connectivity index (χ1n) is 10.3. The van der Waals surface area contributed by atoms with Gasteiger partial charge in [-0.3, -0.25) is 18.7 Å². The molecule has 4 aromatic rings. The summed E-state index contributed by atoms with van der Waals surface area (Å²) < 4.78 is 31.4. The van der Waals surface area contributed by atoms with E-state index >= 15 is 0 Å². The Labute approximate surface area is 191 Å². The van der Waals surface area contributed by atoms with Crippen LogP contribution in [0.15, 0.2) is 76.4 Å². The number of imidazole rings is 1. The van der Waals surface area contributed by atoms with Crippen LogP contribution < -0.4 is 15.7 Å². The first kappa shape index (κ1) is 22.3. The van der Waals surface area contributed by atoms with Gasteiger partial charge in [0.15, 0.2) is 0 Å². The monoisotopic (exact) mass is 464 g/mol. The van der Waals surface area contributed by atoms with Crippen LogP contribution in [0.2, 0.25) is 0 Å². The van der Waals surface area contributed by atoms with Crippen molar-refractivity contribution in [1.82, 2.24) is 9.13 Å². The highest BCUT2D eigenvalue weighted by atomic mass is 32.2. The van der Waals surface area contributed by atoms with Crippen LogP contribution in [-0.4, -0.2) is 23.5 Å². The number of hydrogen-bond donors (Lipinski definition) is 2. The number of para-hydroxylation sites is 2. The molecule has 3 aromatic carbocycles.